The molecule has 3 unspecified atom stereocenters. The molecule has 0 bridgehead atoms. The minimum Gasteiger partial charge on any atom is -0.383 e. The highest BCUT2D eigenvalue weighted by Crippen LogP contribution is 2.36. The summed E-state index contributed by atoms with van der Waals surface area (Å²) in [6, 6.07) is 1.20. The number of nitrogens with zero attached hydrogens (tertiary/aromatic N) is 1. The first-order valence-electron chi connectivity index (χ1n) is 6.36. The number of hydrogen-bond acceptors (Lipinski definition) is 3. The Bertz CT molecular complexity index is 218. The third-order valence-corrected chi connectivity index (χ3v) is 4.26. The van der Waals surface area contributed by atoms with Crippen LogP contribution in [0.3, 0.4) is 0 Å². The van der Waals surface area contributed by atoms with Crippen LogP contribution in [0.1, 0.15) is 40.0 Å². The SMILES string of the molecule is COCC(C)N(C)C1CCCC(C)(C)C1N. The van der Waals surface area contributed by atoms with Crippen molar-refractivity contribution in [1.82, 2.24) is 4.90 Å². The number of hydrogen-bond donors (Lipinski definition) is 1. The Balaban J connectivity index is 2.64. The van der Waals surface area contributed by atoms with E-state index < -0.39 is 0 Å². The van der Waals surface area contributed by atoms with Gasteiger partial charge in [-0.2, -0.15) is 0 Å². The van der Waals surface area contributed by atoms with Crippen molar-refractivity contribution in [3.05, 3.63) is 0 Å². The molecule has 0 aromatic carbocycles. The molecule has 1 rings (SSSR count). The lowest BCUT2D eigenvalue weighted by atomic mass is 9.70. The lowest BCUT2D eigenvalue weighted by Gasteiger charge is -2.47. The third kappa shape index (κ3) is 2.96. The fourth-order valence-corrected chi connectivity index (χ4v) is 2.78. The van der Waals surface area contributed by atoms with Crippen molar-refractivity contribution >= 4 is 0 Å². The van der Waals surface area contributed by atoms with Gasteiger partial charge in [0.05, 0.1) is 6.61 Å². The van der Waals surface area contributed by atoms with Crippen LogP contribution < -0.4 is 5.73 Å². The Morgan fingerprint density at radius 3 is 2.69 bits per heavy atom. The number of methoxy groups -OCH3 is 1. The number of nitrogens with two attached hydrogens (primary N) is 1. The smallest absolute Gasteiger partial charge is 0.0615 e. The molecule has 0 aromatic rings. The maximum Gasteiger partial charge on any atom is 0.0615 e. The molecule has 3 nitrogen and oxygen atoms in total. The second-order valence-corrected chi connectivity index (χ2v) is 5.94. The lowest BCUT2D eigenvalue weighted by Crippen LogP contribution is -2.58. The molecular formula is C13H28N2O. The Morgan fingerprint density at radius 2 is 2.12 bits per heavy atom. The average molecular weight is 228 g/mol. The van der Waals surface area contributed by atoms with E-state index in [-0.39, 0.29) is 11.5 Å². The molecule has 96 valence electrons. The summed E-state index contributed by atoms with van der Waals surface area (Å²) in [5.74, 6) is 0. The third-order valence-electron chi connectivity index (χ3n) is 4.26. The van der Waals surface area contributed by atoms with Gasteiger partial charge >= 0.3 is 0 Å². The van der Waals surface area contributed by atoms with Gasteiger partial charge in [-0.25, -0.2) is 0 Å². The predicted molar refractivity (Wildman–Crippen MR) is 68.5 cm³/mol. The van der Waals surface area contributed by atoms with Crippen molar-refractivity contribution in [2.24, 2.45) is 11.1 Å². The lowest BCUT2D eigenvalue weighted by molar-refractivity contribution is 0.0334. The van der Waals surface area contributed by atoms with Crippen molar-refractivity contribution < 1.29 is 4.74 Å². The molecule has 0 radical (unpaired) electrons. The van der Waals surface area contributed by atoms with Gasteiger partial charge in [0.1, 0.15) is 0 Å². The Labute approximate surface area is 100 Å². The van der Waals surface area contributed by atoms with Crippen LogP contribution in [0.2, 0.25) is 0 Å². The fraction of sp³-hybridized carbons (Fsp3) is 1.00. The second kappa shape index (κ2) is 5.48. The van der Waals surface area contributed by atoms with Crippen LogP contribution in [-0.2, 0) is 4.74 Å². The first kappa shape index (κ1) is 13.9. The second-order valence-electron chi connectivity index (χ2n) is 5.94. The minimum absolute atomic E-state index is 0.268. The van der Waals surface area contributed by atoms with Crippen LogP contribution >= 0.6 is 0 Å². The molecule has 0 spiro atoms. The van der Waals surface area contributed by atoms with Crippen LogP contribution in [0.25, 0.3) is 0 Å². The summed E-state index contributed by atoms with van der Waals surface area (Å²) in [6.45, 7) is 7.56. The monoisotopic (exact) mass is 228 g/mol. The molecule has 0 saturated heterocycles. The molecule has 16 heavy (non-hydrogen) atoms. The molecule has 1 aliphatic carbocycles. The van der Waals surface area contributed by atoms with Gasteiger partial charge in [-0.3, -0.25) is 4.90 Å². The molecule has 3 atom stereocenters. The van der Waals surface area contributed by atoms with Gasteiger partial charge in [-0.05, 0) is 32.2 Å². The summed E-state index contributed by atoms with van der Waals surface area (Å²) in [6.07, 6.45) is 3.75. The predicted octanol–water partition coefficient (Wildman–Crippen LogP) is 1.86. The summed E-state index contributed by atoms with van der Waals surface area (Å²) in [5.41, 5.74) is 6.68. The summed E-state index contributed by atoms with van der Waals surface area (Å²) < 4.78 is 5.22. The van der Waals surface area contributed by atoms with Crippen LogP contribution in [0.5, 0.6) is 0 Å². The van der Waals surface area contributed by atoms with E-state index in [9.17, 15) is 0 Å². The van der Waals surface area contributed by atoms with Gasteiger partial charge in [0.2, 0.25) is 0 Å². The van der Waals surface area contributed by atoms with Crippen LogP contribution in [0, 0.1) is 5.41 Å². The van der Waals surface area contributed by atoms with Crippen molar-refractivity contribution in [2.45, 2.75) is 58.2 Å². The highest BCUT2D eigenvalue weighted by atomic mass is 16.5. The molecule has 0 amide bonds. The minimum atomic E-state index is 0.268. The van der Waals surface area contributed by atoms with E-state index in [1.165, 1.54) is 19.3 Å². The molecule has 1 fully saturated rings. The summed E-state index contributed by atoms with van der Waals surface area (Å²) >= 11 is 0. The van der Waals surface area contributed by atoms with E-state index in [1.54, 1.807) is 7.11 Å². The Hall–Kier alpha value is -0.120. The zero-order valence-electron chi connectivity index (χ0n) is 11.5. The molecule has 1 aliphatic rings. The van der Waals surface area contributed by atoms with Gasteiger partial charge in [0, 0.05) is 25.2 Å². The maximum atomic E-state index is 6.41. The van der Waals surface area contributed by atoms with E-state index in [2.05, 4.69) is 32.7 Å². The Kier molecular flexibility index (Phi) is 4.77. The molecule has 2 N–H and O–H groups in total. The standard InChI is InChI=1S/C13H28N2O/c1-10(9-16-5)15(4)11-7-6-8-13(2,3)12(11)14/h10-12H,6-9,14H2,1-5H3. The van der Waals surface area contributed by atoms with Crippen molar-refractivity contribution in [1.29, 1.82) is 0 Å². The van der Waals surface area contributed by atoms with E-state index in [4.69, 9.17) is 10.5 Å². The van der Waals surface area contributed by atoms with E-state index >= 15 is 0 Å². The first-order valence-corrected chi connectivity index (χ1v) is 6.36. The normalized spacial score (nSPS) is 31.7. The average Bonchev–Trinajstić information content (AvgIpc) is 2.21. The zero-order valence-corrected chi connectivity index (χ0v) is 11.5. The highest BCUT2D eigenvalue weighted by molar-refractivity contribution is 4.96. The summed E-state index contributed by atoms with van der Waals surface area (Å²) in [7, 11) is 3.94. The van der Waals surface area contributed by atoms with Gasteiger partial charge in [0.15, 0.2) is 0 Å². The molecular weight excluding hydrogens is 200 g/mol. The van der Waals surface area contributed by atoms with Gasteiger partial charge in [-0.1, -0.05) is 20.3 Å². The first-order chi connectivity index (χ1) is 7.40. The topological polar surface area (TPSA) is 38.5 Å². The molecule has 3 heteroatoms. The summed E-state index contributed by atoms with van der Waals surface area (Å²) in [4.78, 5) is 2.40. The Morgan fingerprint density at radius 1 is 1.50 bits per heavy atom. The highest BCUT2D eigenvalue weighted by Gasteiger charge is 2.39. The maximum absolute atomic E-state index is 6.41. The fourth-order valence-electron chi connectivity index (χ4n) is 2.78. The number of ether oxygens (including phenoxy) is 1. The quantitative estimate of drug-likeness (QED) is 0.798. The summed E-state index contributed by atoms with van der Waals surface area (Å²) in [5, 5.41) is 0. The molecule has 0 aliphatic heterocycles. The molecule has 0 aromatic heterocycles. The van der Waals surface area contributed by atoms with E-state index in [0.717, 1.165) is 6.61 Å². The van der Waals surface area contributed by atoms with Crippen LogP contribution in [-0.4, -0.2) is 43.8 Å². The zero-order chi connectivity index (χ0) is 12.3. The molecule has 0 heterocycles. The van der Waals surface area contributed by atoms with E-state index in [0.29, 0.717) is 12.1 Å². The van der Waals surface area contributed by atoms with E-state index in [1.807, 2.05) is 0 Å². The largest absolute Gasteiger partial charge is 0.383 e. The van der Waals surface area contributed by atoms with Crippen molar-refractivity contribution in [3.8, 4) is 0 Å². The van der Waals surface area contributed by atoms with Gasteiger partial charge in [0.25, 0.3) is 0 Å². The number of rotatable bonds is 4. The van der Waals surface area contributed by atoms with Gasteiger partial charge in [-0.15, -0.1) is 0 Å². The van der Waals surface area contributed by atoms with Gasteiger partial charge < -0.3 is 10.5 Å². The van der Waals surface area contributed by atoms with Crippen molar-refractivity contribution in [3.63, 3.8) is 0 Å². The number of likely N-dealkylation sites (N-methyl/N-ethyl adjacent to an activating group) is 1. The molecule has 1 saturated carbocycles. The van der Waals surface area contributed by atoms with Crippen LogP contribution in [0.15, 0.2) is 0 Å². The van der Waals surface area contributed by atoms with Crippen LogP contribution in [0.4, 0.5) is 0 Å². The van der Waals surface area contributed by atoms with Crippen molar-refractivity contribution in [2.75, 3.05) is 20.8 Å².